The highest BCUT2D eigenvalue weighted by molar-refractivity contribution is 6.35. The average molecular weight is 378 g/mol. The Morgan fingerprint density at radius 3 is 2.48 bits per heavy atom. The van der Waals surface area contributed by atoms with E-state index in [0.717, 1.165) is 16.8 Å². The maximum Gasteiger partial charge on any atom is 0.328 e. The van der Waals surface area contributed by atoms with Crippen molar-refractivity contribution in [2.24, 2.45) is 0 Å². The largest absolute Gasteiger partial charge is 0.464 e. The van der Waals surface area contributed by atoms with Gasteiger partial charge in [0.05, 0.1) is 6.61 Å². The van der Waals surface area contributed by atoms with Crippen molar-refractivity contribution in [2.45, 2.75) is 39.2 Å². The summed E-state index contributed by atoms with van der Waals surface area (Å²) in [5, 5.41) is 4.40. The number of carbonyl (C=O) groups excluding carboxylic acids is 1. The van der Waals surface area contributed by atoms with Crippen LogP contribution in [-0.4, -0.2) is 18.6 Å². The molecule has 0 spiro atoms. The molecule has 25 heavy (non-hydrogen) atoms. The van der Waals surface area contributed by atoms with Crippen LogP contribution in [0.2, 0.25) is 10.0 Å². The minimum atomic E-state index is -0.423. The molecule has 2 atom stereocenters. The Hall–Kier alpha value is -1.71. The molecule has 0 saturated heterocycles. The number of fused-ring (bicyclic) bond motifs is 1. The molecule has 0 bridgehead atoms. The second-order valence-electron chi connectivity index (χ2n) is 6.51. The normalized spacial score (nSPS) is 19.1. The van der Waals surface area contributed by atoms with Crippen LogP contribution in [0.15, 0.2) is 30.3 Å². The average Bonchev–Trinajstić information content (AvgIpc) is 2.52. The zero-order chi connectivity index (χ0) is 18.1. The Morgan fingerprint density at radius 2 is 1.84 bits per heavy atom. The number of hydrogen-bond donors (Lipinski definition) is 1. The van der Waals surface area contributed by atoms with Crippen molar-refractivity contribution in [3.05, 3.63) is 62.6 Å². The topological polar surface area (TPSA) is 38.3 Å². The van der Waals surface area contributed by atoms with Gasteiger partial charge in [0.15, 0.2) is 0 Å². The van der Waals surface area contributed by atoms with Gasteiger partial charge in [0, 0.05) is 27.2 Å². The molecular weight excluding hydrogens is 357 g/mol. The molecule has 2 aromatic carbocycles. The monoisotopic (exact) mass is 377 g/mol. The van der Waals surface area contributed by atoms with E-state index in [4.69, 9.17) is 27.9 Å². The van der Waals surface area contributed by atoms with Gasteiger partial charge in [-0.25, -0.2) is 4.79 Å². The van der Waals surface area contributed by atoms with Gasteiger partial charge >= 0.3 is 5.97 Å². The van der Waals surface area contributed by atoms with E-state index in [1.54, 1.807) is 6.07 Å². The fraction of sp³-hybridized carbons (Fsp3) is 0.350. The van der Waals surface area contributed by atoms with E-state index >= 15 is 0 Å². The van der Waals surface area contributed by atoms with Crippen LogP contribution in [0, 0.1) is 13.8 Å². The highest BCUT2D eigenvalue weighted by Crippen LogP contribution is 2.44. The van der Waals surface area contributed by atoms with Crippen molar-refractivity contribution >= 4 is 34.9 Å². The number of anilines is 1. The van der Waals surface area contributed by atoms with E-state index in [1.165, 1.54) is 11.1 Å². The van der Waals surface area contributed by atoms with Crippen molar-refractivity contribution in [3.63, 3.8) is 0 Å². The van der Waals surface area contributed by atoms with Crippen LogP contribution < -0.4 is 5.32 Å². The summed E-state index contributed by atoms with van der Waals surface area (Å²) in [5.74, 6) is -0.243. The van der Waals surface area contributed by atoms with E-state index < -0.39 is 6.04 Å². The first-order chi connectivity index (χ1) is 11.9. The molecule has 0 saturated carbocycles. The lowest BCUT2D eigenvalue weighted by Gasteiger charge is -2.33. The fourth-order valence-electron chi connectivity index (χ4n) is 3.57. The first-order valence-electron chi connectivity index (χ1n) is 8.39. The number of rotatable bonds is 3. The van der Waals surface area contributed by atoms with Gasteiger partial charge < -0.3 is 10.1 Å². The van der Waals surface area contributed by atoms with Crippen LogP contribution in [0.4, 0.5) is 5.69 Å². The standard InChI is InChI=1S/C20H21Cl2NO2/c1-4-25-20(24)18-10-15(13-6-11(2)5-12(3)7-13)19-16(22)8-14(21)9-17(19)23-18/h5-9,15,18,23H,4,10H2,1-3H3. The minimum Gasteiger partial charge on any atom is -0.464 e. The number of benzene rings is 2. The fourth-order valence-corrected chi connectivity index (χ4v) is 4.20. The van der Waals surface area contributed by atoms with Crippen LogP contribution in [0.5, 0.6) is 0 Å². The van der Waals surface area contributed by atoms with E-state index in [1.807, 2.05) is 13.0 Å². The number of nitrogens with one attached hydrogen (secondary N) is 1. The van der Waals surface area contributed by atoms with E-state index in [0.29, 0.717) is 23.1 Å². The van der Waals surface area contributed by atoms with E-state index in [2.05, 4.69) is 37.4 Å². The summed E-state index contributed by atoms with van der Waals surface area (Å²) in [4.78, 5) is 12.3. The quantitative estimate of drug-likeness (QED) is 0.718. The SMILES string of the molecule is CCOC(=O)C1CC(c2cc(C)cc(C)c2)c2c(Cl)cc(Cl)cc2N1. The summed E-state index contributed by atoms with van der Waals surface area (Å²) in [6.45, 7) is 6.31. The van der Waals surface area contributed by atoms with Crippen molar-refractivity contribution in [1.82, 2.24) is 0 Å². The summed E-state index contributed by atoms with van der Waals surface area (Å²) in [5.41, 5.74) is 5.31. The predicted octanol–water partition coefficient (Wildman–Crippen LogP) is 5.49. The Balaban J connectivity index is 2.11. The third kappa shape index (κ3) is 3.78. The Labute approximate surface area is 158 Å². The lowest BCUT2D eigenvalue weighted by Crippen LogP contribution is -2.37. The van der Waals surface area contributed by atoms with Crippen molar-refractivity contribution in [1.29, 1.82) is 0 Å². The Morgan fingerprint density at radius 1 is 1.16 bits per heavy atom. The highest BCUT2D eigenvalue weighted by Gasteiger charge is 2.34. The van der Waals surface area contributed by atoms with Gasteiger partial charge in [-0.2, -0.15) is 0 Å². The highest BCUT2D eigenvalue weighted by atomic mass is 35.5. The number of halogens is 2. The molecule has 0 radical (unpaired) electrons. The van der Waals surface area contributed by atoms with Crippen molar-refractivity contribution in [2.75, 3.05) is 11.9 Å². The molecule has 3 nitrogen and oxygen atoms in total. The first kappa shape index (κ1) is 18.1. The molecule has 0 amide bonds. The number of hydrogen-bond acceptors (Lipinski definition) is 3. The van der Waals surface area contributed by atoms with Crippen molar-refractivity contribution in [3.8, 4) is 0 Å². The summed E-state index contributed by atoms with van der Waals surface area (Å²) < 4.78 is 5.22. The maximum absolute atomic E-state index is 12.3. The van der Waals surface area contributed by atoms with E-state index in [9.17, 15) is 4.79 Å². The van der Waals surface area contributed by atoms with Crippen LogP contribution in [-0.2, 0) is 9.53 Å². The molecule has 2 aromatic rings. The molecule has 132 valence electrons. The smallest absolute Gasteiger partial charge is 0.328 e. The van der Waals surface area contributed by atoms with E-state index in [-0.39, 0.29) is 11.9 Å². The third-order valence-corrected chi connectivity index (χ3v) is 4.99. The molecule has 0 aliphatic carbocycles. The first-order valence-corrected chi connectivity index (χ1v) is 9.15. The van der Waals surface area contributed by atoms with Crippen LogP contribution in [0.1, 0.15) is 41.5 Å². The molecule has 1 N–H and O–H groups in total. The molecule has 5 heteroatoms. The molecule has 0 fully saturated rings. The molecule has 3 rings (SSSR count). The van der Waals surface area contributed by atoms with Gasteiger partial charge in [0.2, 0.25) is 0 Å². The van der Waals surface area contributed by atoms with Crippen LogP contribution >= 0.6 is 23.2 Å². The van der Waals surface area contributed by atoms with Gasteiger partial charge in [0.1, 0.15) is 6.04 Å². The van der Waals surface area contributed by atoms with Gasteiger partial charge in [-0.05, 0) is 44.9 Å². The summed E-state index contributed by atoms with van der Waals surface area (Å²) in [6.07, 6.45) is 0.593. The number of carbonyl (C=O) groups is 1. The number of esters is 1. The Bertz CT molecular complexity index is 799. The molecule has 1 aliphatic heterocycles. The van der Waals surface area contributed by atoms with Gasteiger partial charge in [-0.1, -0.05) is 52.5 Å². The van der Waals surface area contributed by atoms with Crippen LogP contribution in [0.3, 0.4) is 0 Å². The molecule has 1 heterocycles. The Kier molecular flexibility index (Phi) is 5.26. The molecule has 1 aliphatic rings. The summed E-state index contributed by atoms with van der Waals surface area (Å²) >= 11 is 12.7. The number of aryl methyl sites for hydroxylation is 2. The summed E-state index contributed by atoms with van der Waals surface area (Å²) in [6, 6.07) is 9.60. The van der Waals surface area contributed by atoms with Crippen LogP contribution in [0.25, 0.3) is 0 Å². The molecular formula is C20H21Cl2NO2. The summed E-state index contributed by atoms with van der Waals surface area (Å²) in [7, 11) is 0. The second-order valence-corrected chi connectivity index (χ2v) is 7.35. The van der Waals surface area contributed by atoms with Gasteiger partial charge in [-0.3, -0.25) is 0 Å². The van der Waals surface area contributed by atoms with Gasteiger partial charge in [0.25, 0.3) is 0 Å². The lowest BCUT2D eigenvalue weighted by molar-refractivity contribution is -0.144. The van der Waals surface area contributed by atoms with Gasteiger partial charge in [-0.15, -0.1) is 0 Å². The predicted molar refractivity (Wildman–Crippen MR) is 103 cm³/mol. The zero-order valence-corrected chi connectivity index (χ0v) is 16.0. The minimum absolute atomic E-state index is 0.00835. The molecule has 2 unspecified atom stereocenters. The second kappa shape index (κ2) is 7.27. The lowest BCUT2D eigenvalue weighted by atomic mass is 9.81. The maximum atomic E-state index is 12.3. The van der Waals surface area contributed by atoms with Crippen molar-refractivity contribution < 1.29 is 9.53 Å². The number of ether oxygens (including phenoxy) is 1. The molecule has 0 aromatic heterocycles. The zero-order valence-electron chi connectivity index (χ0n) is 14.5. The third-order valence-electron chi connectivity index (χ3n) is 4.46.